The number of aromatic hydroxyl groups is 1. The van der Waals surface area contributed by atoms with E-state index < -0.39 is 183 Å². The Labute approximate surface area is 575 Å². The Kier molecular flexibility index (Phi) is 27.4. The van der Waals surface area contributed by atoms with Crippen LogP contribution in [0.5, 0.6) is 17.2 Å². The molecule has 0 saturated carbocycles. The van der Waals surface area contributed by atoms with Gasteiger partial charge in [-0.1, -0.05) is 63.4 Å². The van der Waals surface area contributed by atoms with Crippen molar-refractivity contribution >= 4 is 59.6 Å². The Morgan fingerprint density at radius 2 is 1.35 bits per heavy atom. The average Bonchev–Trinajstić information content (AvgIpc) is 1.60. The summed E-state index contributed by atoms with van der Waals surface area (Å²) < 4.78 is 20.9. The molecule has 0 radical (unpaired) electrons. The summed E-state index contributed by atoms with van der Waals surface area (Å²) >= 11 is -0.0890. The molecule has 32 nitrogen and oxygen atoms in total. The van der Waals surface area contributed by atoms with Gasteiger partial charge < -0.3 is 102 Å². The number of unbranched alkanes of at least 4 members (excludes halogenated alkanes) is 3. The molecular weight excluding hydrogens is 1290 g/mol. The summed E-state index contributed by atoms with van der Waals surface area (Å²) in [7, 11) is 0. The van der Waals surface area contributed by atoms with Crippen molar-refractivity contribution in [3.8, 4) is 51.3 Å². The Morgan fingerprint density at radius 3 is 1.98 bits per heavy atom. The number of benzene rings is 4. The van der Waals surface area contributed by atoms with Crippen LogP contribution in [-0.2, 0) is 42.9 Å². The second kappa shape index (κ2) is 34.9. The van der Waals surface area contributed by atoms with E-state index in [9.17, 15) is 84.5 Å². The fraction of sp³-hybridized carbons (Fsp3) is 0.452. The van der Waals surface area contributed by atoms with Crippen LogP contribution in [-0.4, -0.2) is 207 Å². The standard InChI is InChI=1S/C62H76N10O22S.Na/c1-4-5-6-7-22-90-40-19-16-33(17-20-40)32-8-12-35(13-9-32)59-69-70-60(91-59)36-14-10-34(11-15-36)54(82)65-41-24-38(74)27-64-58(86)50-51(79)30(2)28-72(50)62(88)48(44(77)26-46(63)78)67-57(85)49(53(81)52(80)37-18-21-43(76)45(23-37)92-95-94-93-89)68-56(84)42-25-39(75)29-71(42)61(87)47(31(3)73)66-55(41)83;/h8-21,23,30-31,38-39,41-42,44,47-53,73-77,79-81,89H,4-7,22,24-29H2,1-3H3,(H2,63,78)(H,64,86)(H,65,82)(H,66,83)(H,67,85)(H,68,84);/q;+1/p-1. The van der Waals surface area contributed by atoms with Gasteiger partial charge in [0.05, 0.1) is 43.5 Å². The quantitative estimate of drug-likeness (QED) is 0.0102. The Hall–Kier alpha value is -7.87. The maximum atomic E-state index is 14.7. The number of amides is 8. The number of nitrogens with zero attached hydrogens (tertiary/aromatic N) is 4. The number of rotatable bonds is 22. The summed E-state index contributed by atoms with van der Waals surface area (Å²) in [6.45, 7) is 3.43. The SMILES string of the molecule is CCCCCCOc1ccc(-c2ccc(-c3nnc(-c4ccc(C(=O)NC5CC(O)CNC(=O)C6C(O)C(C)CN6C(=O)C(C(O)CC(N)=O)NC(=O)C(C(O)C(O)c6ccc(O)c(OSOO[O-])c6)NC(=O)C6CC(O)CN6C(=O)C(C(C)O)NC5=O)cc4)o3)cc2)cc1.[Na+]. The zero-order valence-electron chi connectivity index (χ0n) is 52.6. The molecule has 3 fully saturated rings. The summed E-state index contributed by atoms with van der Waals surface area (Å²) in [5, 5.41) is 124. The number of aliphatic hydroxyl groups excluding tert-OH is 7. The number of primary amides is 1. The largest absolute Gasteiger partial charge is 1.00 e. The van der Waals surface area contributed by atoms with Gasteiger partial charge in [0.2, 0.25) is 53.1 Å². The van der Waals surface area contributed by atoms with Crippen molar-refractivity contribution in [2.75, 3.05) is 26.2 Å². The molecule has 96 heavy (non-hydrogen) atoms. The van der Waals surface area contributed by atoms with Crippen molar-refractivity contribution in [3.05, 3.63) is 102 Å². The first-order valence-electron chi connectivity index (χ1n) is 30.4. The third-order valence-corrected chi connectivity index (χ3v) is 16.7. The van der Waals surface area contributed by atoms with Gasteiger partial charge in [0.1, 0.15) is 54.2 Å². The van der Waals surface area contributed by atoms with Crippen molar-refractivity contribution in [2.45, 2.75) is 145 Å². The van der Waals surface area contributed by atoms with E-state index in [0.29, 0.717) is 22.6 Å². The minimum absolute atomic E-state index is 0. The Bertz CT molecular complexity index is 3500. The molecule has 14 unspecified atom stereocenters. The Morgan fingerprint density at radius 1 is 0.750 bits per heavy atom. The molecule has 0 bridgehead atoms. The van der Waals surface area contributed by atoms with E-state index in [1.54, 1.807) is 0 Å². The molecule has 5 aromatic rings. The molecule has 34 heteroatoms. The molecule has 15 N–H and O–H groups in total. The maximum absolute atomic E-state index is 14.7. The van der Waals surface area contributed by atoms with E-state index in [4.69, 9.17) is 19.1 Å². The zero-order valence-corrected chi connectivity index (χ0v) is 55.4. The predicted octanol–water partition coefficient (Wildman–Crippen LogP) is -4.78. The first-order valence-corrected chi connectivity index (χ1v) is 31.1. The second-order valence-electron chi connectivity index (χ2n) is 23.3. The van der Waals surface area contributed by atoms with Gasteiger partial charge in [-0.15, -0.1) is 14.5 Å². The van der Waals surface area contributed by atoms with Crippen LogP contribution < -0.4 is 76.1 Å². The first-order chi connectivity index (χ1) is 45.4. The van der Waals surface area contributed by atoms with E-state index in [1.165, 1.54) is 37.6 Å². The molecule has 512 valence electrons. The second-order valence-corrected chi connectivity index (χ2v) is 23.8. The van der Waals surface area contributed by atoms with Gasteiger partial charge in [-0.25, -0.2) is 0 Å². The maximum Gasteiger partial charge on any atom is 1.00 e. The van der Waals surface area contributed by atoms with Crippen LogP contribution in [0.3, 0.4) is 0 Å². The third kappa shape index (κ3) is 19.0. The number of nitrogens with two attached hydrogens (primary N) is 1. The summed E-state index contributed by atoms with van der Waals surface area (Å²) in [6, 6.07) is 11.4. The molecule has 3 aliphatic heterocycles. The number of fused-ring (bicyclic) bond motifs is 2. The topological polar surface area (TPSA) is 490 Å². The molecule has 8 rings (SSSR count). The van der Waals surface area contributed by atoms with Crippen molar-refractivity contribution in [2.24, 2.45) is 11.7 Å². The zero-order chi connectivity index (χ0) is 68.8. The van der Waals surface area contributed by atoms with Crippen LogP contribution >= 0.6 is 12.3 Å². The molecule has 14 atom stereocenters. The van der Waals surface area contributed by atoms with Gasteiger partial charge in [-0.05, 0) is 90.7 Å². The minimum Gasteiger partial charge on any atom is -0.691 e. The number of hydrogen-bond acceptors (Lipinski definition) is 25. The summed E-state index contributed by atoms with van der Waals surface area (Å²) in [6.07, 6.45) is -11.9. The molecule has 1 aromatic heterocycles. The molecule has 8 amide bonds. The van der Waals surface area contributed by atoms with Crippen LogP contribution in [0.15, 0.2) is 95.4 Å². The molecule has 3 aliphatic rings. The predicted molar refractivity (Wildman–Crippen MR) is 329 cm³/mol. The van der Waals surface area contributed by atoms with Crippen molar-refractivity contribution < 1.29 is 137 Å². The van der Waals surface area contributed by atoms with Crippen LogP contribution in [0.25, 0.3) is 34.0 Å². The number of carbonyl (C=O) groups is 8. The molecule has 3 saturated heterocycles. The van der Waals surface area contributed by atoms with E-state index in [2.05, 4.69) is 53.1 Å². The van der Waals surface area contributed by atoms with E-state index in [-0.39, 0.29) is 64.8 Å². The van der Waals surface area contributed by atoms with Gasteiger partial charge in [0, 0.05) is 55.1 Å². The average molecular weight is 1370 g/mol. The van der Waals surface area contributed by atoms with Gasteiger partial charge in [0.25, 0.3) is 18.2 Å². The van der Waals surface area contributed by atoms with Crippen LogP contribution in [0.4, 0.5) is 0 Å². The first kappa shape index (κ1) is 75.5. The molecule has 0 spiro atoms. The van der Waals surface area contributed by atoms with Crippen LogP contribution in [0.1, 0.15) is 87.7 Å². The number of phenolic OH excluding ortho intramolecular Hbond substituents is 1. The van der Waals surface area contributed by atoms with Gasteiger partial charge in [0.15, 0.2) is 11.5 Å². The number of β-amino-alcohol motifs (C(OH)–C–C–N with tert-alkyl or cyclic N) is 1. The monoisotopic (exact) mass is 1370 g/mol. The summed E-state index contributed by atoms with van der Waals surface area (Å²) in [5.74, 6) is -11.1. The summed E-state index contributed by atoms with van der Waals surface area (Å²) in [5.41, 5.74) is 7.85. The van der Waals surface area contributed by atoms with E-state index in [0.717, 1.165) is 66.2 Å². The van der Waals surface area contributed by atoms with Crippen LogP contribution in [0.2, 0.25) is 0 Å². The fourth-order valence-corrected chi connectivity index (χ4v) is 11.4. The number of hydrogen-bond donors (Lipinski definition) is 14. The number of carbonyl (C=O) groups excluding carboxylic acids is 8. The van der Waals surface area contributed by atoms with Crippen molar-refractivity contribution in [3.63, 3.8) is 0 Å². The van der Waals surface area contributed by atoms with E-state index in [1.807, 2.05) is 48.5 Å². The molecular formula is C62H75N10NaO22S. The normalized spacial score (nSPS) is 24.3. The van der Waals surface area contributed by atoms with Crippen LogP contribution in [0, 0.1) is 5.92 Å². The Balaban J connectivity index is 0.0000130. The third-order valence-electron chi connectivity index (χ3n) is 16.3. The molecule has 4 heterocycles. The fourth-order valence-electron chi connectivity index (χ4n) is 11.2. The van der Waals surface area contributed by atoms with Gasteiger partial charge >= 0.3 is 29.6 Å². The number of ether oxygens (including phenoxy) is 1. The van der Waals surface area contributed by atoms with Crippen molar-refractivity contribution in [1.82, 2.24) is 46.6 Å². The number of aliphatic hydroxyl groups is 7. The minimum atomic E-state index is -2.55. The summed E-state index contributed by atoms with van der Waals surface area (Å²) in [4.78, 5) is 115. The van der Waals surface area contributed by atoms with Crippen molar-refractivity contribution in [1.29, 1.82) is 0 Å². The van der Waals surface area contributed by atoms with Gasteiger partial charge in [-0.3, -0.25) is 43.4 Å². The van der Waals surface area contributed by atoms with Gasteiger partial charge in [-0.2, -0.15) is 0 Å². The number of phenols is 1. The molecule has 0 aliphatic carbocycles. The number of aromatic nitrogens is 2. The number of nitrogens with one attached hydrogen (secondary N) is 5. The smallest absolute Gasteiger partial charge is 0.691 e. The van der Waals surface area contributed by atoms with E-state index >= 15 is 0 Å². The molecule has 4 aromatic carbocycles.